The number of ketones is 1. The van der Waals surface area contributed by atoms with Crippen LogP contribution < -0.4 is 0 Å². The van der Waals surface area contributed by atoms with Crippen LogP contribution in [0.4, 0.5) is 0 Å². The van der Waals surface area contributed by atoms with Crippen LogP contribution in [0.15, 0.2) is 0 Å². The van der Waals surface area contributed by atoms with Crippen LogP contribution in [0.25, 0.3) is 0 Å². The molecule has 0 aromatic rings. The first kappa shape index (κ1) is 8.15. The van der Waals surface area contributed by atoms with Gasteiger partial charge in [0.2, 0.25) is 0 Å². The van der Waals surface area contributed by atoms with Gasteiger partial charge < -0.3 is 4.79 Å². The molecule has 0 rings (SSSR count). The number of carbonyl (C=O) groups is 1. The quantitative estimate of drug-likeness (QED) is 0.477. The monoisotopic (exact) mass is 178 g/mol. The number of halogens is 1. The molecule has 1 nitrogen and oxygen atoms in total. The number of hydrogen-bond acceptors (Lipinski definition) is 1. The van der Waals surface area contributed by atoms with Gasteiger partial charge in [-0.3, -0.25) is 0 Å². The van der Waals surface area contributed by atoms with Gasteiger partial charge in [-0.25, -0.2) is 0 Å². The molecule has 0 spiro atoms. The van der Waals surface area contributed by atoms with Gasteiger partial charge in [0.05, 0.1) is 0 Å². The van der Waals surface area contributed by atoms with Gasteiger partial charge in [0.25, 0.3) is 0 Å². The van der Waals surface area contributed by atoms with Crippen LogP contribution in [-0.2, 0) is 4.79 Å². The van der Waals surface area contributed by atoms with Gasteiger partial charge in [0.15, 0.2) is 0 Å². The van der Waals surface area contributed by atoms with Crippen molar-refractivity contribution in [3.8, 4) is 0 Å². The Morgan fingerprint density at radius 2 is 2.12 bits per heavy atom. The zero-order valence-corrected chi connectivity index (χ0v) is 6.70. The van der Waals surface area contributed by atoms with Crippen molar-refractivity contribution in [2.75, 3.05) is 5.33 Å². The lowest BCUT2D eigenvalue weighted by Gasteiger charge is -1.89. The molecule has 0 amide bonds. The molecule has 2 heteroatoms. The van der Waals surface area contributed by atoms with Crippen LogP contribution >= 0.6 is 15.9 Å². The molecule has 0 unspecified atom stereocenters. The normalized spacial score (nSPS) is 9.25. The van der Waals surface area contributed by atoms with Crippen LogP contribution in [0.1, 0.15) is 26.2 Å². The maximum atomic E-state index is 10.3. The highest BCUT2D eigenvalue weighted by atomic mass is 79.9. The van der Waals surface area contributed by atoms with Crippen LogP contribution in [0, 0.1) is 0 Å². The van der Waals surface area contributed by atoms with Gasteiger partial charge in [-0.05, 0) is 19.8 Å². The molecule has 0 aliphatic heterocycles. The van der Waals surface area contributed by atoms with Gasteiger partial charge >= 0.3 is 0 Å². The summed E-state index contributed by atoms with van der Waals surface area (Å²) in [5, 5.41) is 1.01. The minimum absolute atomic E-state index is 0.297. The highest BCUT2D eigenvalue weighted by Gasteiger charge is 1.90. The average molecular weight is 179 g/mol. The molecule has 0 fully saturated rings. The van der Waals surface area contributed by atoms with Crippen LogP contribution in [0.3, 0.4) is 0 Å². The van der Waals surface area contributed by atoms with Crippen LogP contribution in [0.2, 0.25) is 0 Å². The number of carbonyl (C=O) groups excluding carboxylic acids is 1. The fraction of sp³-hybridized carbons (Fsp3) is 0.833. The van der Waals surface area contributed by atoms with E-state index in [9.17, 15) is 4.79 Å². The molecule has 0 N–H and O–H groups in total. The highest BCUT2D eigenvalue weighted by molar-refractivity contribution is 9.09. The summed E-state index contributed by atoms with van der Waals surface area (Å²) in [4.78, 5) is 10.3. The van der Waals surface area contributed by atoms with Crippen molar-refractivity contribution in [3.05, 3.63) is 0 Å². The molecule has 0 bridgehead atoms. The first-order chi connectivity index (χ1) is 3.77. The largest absolute Gasteiger partial charge is 0.300 e. The van der Waals surface area contributed by atoms with E-state index in [1.54, 1.807) is 6.92 Å². The maximum Gasteiger partial charge on any atom is 0.129 e. The summed E-state index contributed by atoms with van der Waals surface area (Å²) in [5.41, 5.74) is 0. The van der Waals surface area contributed by atoms with E-state index < -0.39 is 0 Å². The van der Waals surface area contributed by atoms with Crippen molar-refractivity contribution in [1.82, 2.24) is 0 Å². The lowest BCUT2D eigenvalue weighted by Crippen LogP contribution is -1.88. The summed E-state index contributed by atoms with van der Waals surface area (Å²) in [6.45, 7) is 1.63. The van der Waals surface area contributed by atoms with Crippen LogP contribution in [-0.4, -0.2) is 11.1 Å². The molecule has 0 heterocycles. The summed E-state index contributed by atoms with van der Waals surface area (Å²) >= 11 is 3.29. The number of unbranched alkanes of at least 4 members (excludes halogenated alkanes) is 1. The number of alkyl halides is 1. The Balaban J connectivity index is 2.82. The summed E-state index contributed by atoms with van der Waals surface area (Å²) in [7, 11) is 0. The predicted octanol–water partition coefficient (Wildman–Crippen LogP) is 2.14. The average Bonchev–Trinajstić information content (AvgIpc) is 1.66. The Hall–Kier alpha value is 0.150. The number of rotatable bonds is 4. The van der Waals surface area contributed by atoms with E-state index in [0.717, 1.165) is 24.6 Å². The molecule has 48 valence electrons. The van der Waals surface area contributed by atoms with Gasteiger partial charge in [0.1, 0.15) is 5.78 Å². The standard InChI is InChI=1S/C6H11BrO/c1-6(8)4-2-3-5-7/h2-5H2,1H3. The number of Topliss-reactive ketones (excluding diaryl/α,β-unsaturated/α-hetero) is 1. The van der Waals surface area contributed by atoms with E-state index in [1.807, 2.05) is 0 Å². The summed E-state index contributed by atoms with van der Waals surface area (Å²) in [6.07, 6.45) is 2.88. The lowest BCUT2D eigenvalue weighted by molar-refractivity contribution is -0.117. The summed E-state index contributed by atoms with van der Waals surface area (Å²) in [5.74, 6) is 0.297. The van der Waals surface area contributed by atoms with Crippen LogP contribution in [0.5, 0.6) is 0 Å². The molecule has 0 aliphatic carbocycles. The van der Waals surface area contributed by atoms with Gasteiger partial charge in [-0.1, -0.05) is 15.9 Å². The molecule has 0 atom stereocenters. The zero-order valence-electron chi connectivity index (χ0n) is 5.11. The lowest BCUT2D eigenvalue weighted by atomic mass is 10.2. The van der Waals surface area contributed by atoms with E-state index in [-0.39, 0.29) is 0 Å². The third-order valence-corrected chi connectivity index (χ3v) is 1.47. The molecule has 8 heavy (non-hydrogen) atoms. The number of hydrogen-bond donors (Lipinski definition) is 0. The van der Waals surface area contributed by atoms with E-state index in [2.05, 4.69) is 15.9 Å². The van der Waals surface area contributed by atoms with Gasteiger partial charge in [-0.2, -0.15) is 0 Å². The fourth-order valence-electron chi connectivity index (χ4n) is 0.468. The Morgan fingerprint density at radius 3 is 2.50 bits per heavy atom. The van der Waals surface area contributed by atoms with Gasteiger partial charge in [0, 0.05) is 11.8 Å². The molecular weight excluding hydrogens is 168 g/mol. The fourth-order valence-corrected chi connectivity index (χ4v) is 0.865. The first-order valence-electron chi connectivity index (χ1n) is 2.82. The molecule has 0 saturated heterocycles. The first-order valence-corrected chi connectivity index (χ1v) is 3.95. The molecule has 0 saturated carbocycles. The van der Waals surface area contributed by atoms with Crippen molar-refractivity contribution >= 4 is 21.7 Å². The van der Waals surface area contributed by atoms with Crippen molar-refractivity contribution in [1.29, 1.82) is 0 Å². The molecule has 0 aromatic carbocycles. The van der Waals surface area contributed by atoms with Crippen molar-refractivity contribution in [3.63, 3.8) is 0 Å². The second-order valence-electron chi connectivity index (χ2n) is 1.85. The zero-order chi connectivity index (χ0) is 6.41. The SMILES string of the molecule is CC(=O)CCCCBr. The second-order valence-corrected chi connectivity index (χ2v) is 2.64. The minimum Gasteiger partial charge on any atom is -0.300 e. The maximum absolute atomic E-state index is 10.3. The highest BCUT2D eigenvalue weighted by Crippen LogP contribution is 1.97. The summed E-state index contributed by atoms with van der Waals surface area (Å²) < 4.78 is 0. The predicted molar refractivity (Wildman–Crippen MR) is 38.3 cm³/mol. The summed E-state index contributed by atoms with van der Waals surface area (Å²) in [6, 6.07) is 0. The second kappa shape index (κ2) is 5.29. The molecular formula is C6H11BrO. The Morgan fingerprint density at radius 1 is 1.50 bits per heavy atom. The Kier molecular flexibility index (Phi) is 5.39. The van der Waals surface area contributed by atoms with Gasteiger partial charge in [-0.15, -0.1) is 0 Å². The minimum atomic E-state index is 0.297. The molecule has 0 aliphatic rings. The van der Waals surface area contributed by atoms with E-state index in [0.29, 0.717) is 5.78 Å². The van der Waals surface area contributed by atoms with Crippen molar-refractivity contribution in [2.24, 2.45) is 0 Å². The third-order valence-electron chi connectivity index (χ3n) is 0.912. The Bertz CT molecular complexity index is 70.9. The Labute approximate surface area is 58.6 Å². The molecule has 0 aromatic heterocycles. The van der Waals surface area contributed by atoms with Crippen molar-refractivity contribution < 1.29 is 4.79 Å². The molecule has 0 radical (unpaired) electrons. The van der Waals surface area contributed by atoms with Crippen molar-refractivity contribution in [2.45, 2.75) is 26.2 Å². The third kappa shape index (κ3) is 6.15. The smallest absolute Gasteiger partial charge is 0.129 e. The topological polar surface area (TPSA) is 17.1 Å². The van der Waals surface area contributed by atoms with E-state index in [1.165, 1.54) is 0 Å². The van der Waals surface area contributed by atoms with E-state index in [4.69, 9.17) is 0 Å². The van der Waals surface area contributed by atoms with E-state index >= 15 is 0 Å².